The standard InChI is InChI=1S/C20H18N2O5S/c1-28(25,26)21-17-12-15(5-7-18(17)23)22-9-8-13-11-14(19-3-2-10-27-19)4-6-16(13)20(22)24/h2-7,10-12,21,23H,8-9H2,1H3. The number of rotatable bonds is 4. The van der Waals surface area contributed by atoms with Gasteiger partial charge in [0, 0.05) is 23.4 Å². The van der Waals surface area contributed by atoms with Gasteiger partial charge in [-0.2, -0.15) is 0 Å². The van der Waals surface area contributed by atoms with Crippen LogP contribution in [0.15, 0.2) is 59.2 Å². The maximum Gasteiger partial charge on any atom is 0.258 e. The van der Waals surface area contributed by atoms with Crippen molar-refractivity contribution in [2.24, 2.45) is 0 Å². The van der Waals surface area contributed by atoms with Gasteiger partial charge in [0.2, 0.25) is 10.0 Å². The van der Waals surface area contributed by atoms with Crippen molar-refractivity contribution in [3.8, 4) is 17.1 Å². The van der Waals surface area contributed by atoms with Crippen molar-refractivity contribution in [2.45, 2.75) is 6.42 Å². The molecule has 1 aromatic heterocycles. The molecule has 7 nitrogen and oxygen atoms in total. The number of amides is 1. The van der Waals surface area contributed by atoms with Crippen molar-refractivity contribution < 1.29 is 22.7 Å². The predicted octanol–water partition coefficient (Wildman–Crippen LogP) is 3.23. The number of anilines is 2. The molecule has 1 aliphatic heterocycles. The molecule has 3 aromatic rings. The molecule has 2 aromatic carbocycles. The number of hydrogen-bond donors (Lipinski definition) is 2. The molecule has 1 amide bonds. The minimum Gasteiger partial charge on any atom is -0.506 e. The third kappa shape index (κ3) is 3.46. The Labute approximate surface area is 162 Å². The van der Waals surface area contributed by atoms with Crippen LogP contribution in [0.3, 0.4) is 0 Å². The normalized spacial score (nSPS) is 14.0. The van der Waals surface area contributed by atoms with Crippen LogP contribution in [0, 0.1) is 0 Å². The molecule has 2 N–H and O–H groups in total. The van der Waals surface area contributed by atoms with Crippen molar-refractivity contribution in [3.63, 3.8) is 0 Å². The lowest BCUT2D eigenvalue weighted by molar-refractivity contribution is 0.0980. The zero-order chi connectivity index (χ0) is 19.9. The first-order valence-electron chi connectivity index (χ1n) is 8.61. The Kier molecular flexibility index (Phi) is 4.35. The number of benzene rings is 2. The molecule has 8 heteroatoms. The maximum atomic E-state index is 13.0. The molecule has 0 radical (unpaired) electrons. The summed E-state index contributed by atoms with van der Waals surface area (Å²) in [4.78, 5) is 14.6. The summed E-state index contributed by atoms with van der Waals surface area (Å²) in [6.45, 7) is 0.441. The Balaban J connectivity index is 1.66. The number of carbonyl (C=O) groups excluding carboxylic acids is 1. The Morgan fingerprint density at radius 1 is 1.14 bits per heavy atom. The lowest BCUT2D eigenvalue weighted by Crippen LogP contribution is -2.37. The molecule has 1 aliphatic rings. The molecule has 0 aliphatic carbocycles. The highest BCUT2D eigenvalue weighted by molar-refractivity contribution is 7.92. The molecular formula is C20H18N2O5S. The van der Waals surface area contributed by atoms with Gasteiger partial charge in [0.05, 0.1) is 18.2 Å². The fourth-order valence-corrected chi connectivity index (χ4v) is 3.87. The van der Waals surface area contributed by atoms with Crippen molar-refractivity contribution in [2.75, 3.05) is 22.4 Å². The number of carbonyl (C=O) groups is 1. The quantitative estimate of drug-likeness (QED) is 0.658. The van der Waals surface area contributed by atoms with Gasteiger partial charge >= 0.3 is 0 Å². The van der Waals surface area contributed by atoms with Crippen LogP contribution in [0.5, 0.6) is 5.75 Å². The number of nitrogens with zero attached hydrogens (tertiary/aromatic N) is 1. The summed E-state index contributed by atoms with van der Waals surface area (Å²) in [5.74, 6) is 0.359. The molecule has 0 spiro atoms. The van der Waals surface area contributed by atoms with Gasteiger partial charge in [-0.3, -0.25) is 9.52 Å². The third-order valence-electron chi connectivity index (χ3n) is 4.58. The van der Waals surface area contributed by atoms with Crippen molar-refractivity contribution in [1.29, 1.82) is 0 Å². The van der Waals surface area contributed by atoms with E-state index in [-0.39, 0.29) is 17.3 Å². The number of fused-ring (bicyclic) bond motifs is 1. The maximum absolute atomic E-state index is 13.0. The van der Waals surface area contributed by atoms with Crippen LogP contribution < -0.4 is 9.62 Å². The van der Waals surface area contributed by atoms with Crippen LogP contribution in [-0.2, 0) is 16.4 Å². The van der Waals surface area contributed by atoms with E-state index in [1.807, 2.05) is 24.3 Å². The summed E-state index contributed by atoms with van der Waals surface area (Å²) in [5.41, 5.74) is 2.98. The van der Waals surface area contributed by atoms with E-state index in [2.05, 4.69) is 4.72 Å². The van der Waals surface area contributed by atoms with Crippen molar-refractivity contribution >= 4 is 27.3 Å². The van der Waals surface area contributed by atoms with E-state index in [1.54, 1.807) is 23.3 Å². The average Bonchev–Trinajstić information content (AvgIpc) is 3.17. The van der Waals surface area contributed by atoms with E-state index >= 15 is 0 Å². The molecule has 0 bridgehead atoms. The Hall–Kier alpha value is -3.26. The van der Waals surface area contributed by atoms with E-state index in [0.29, 0.717) is 24.2 Å². The number of phenolic OH excluding ortho intramolecular Hbond substituents is 1. The molecule has 0 fully saturated rings. The van der Waals surface area contributed by atoms with Crippen molar-refractivity contribution in [3.05, 3.63) is 65.9 Å². The van der Waals surface area contributed by atoms with E-state index in [4.69, 9.17) is 4.42 Å². The van der Waals surface area contributed by atoms with E-state index in [9.17, 15) is 18.3 Å². The first kappa shape index (κ1) is 18.1. The topological polar surface area (TPSA) is 99.9 Å². The number of phenols is 1. The summed E-state index contributed by atoms with van der Waals surface area (Å²) in [5, 5.41) is 9.90. The van der Waals surface area contributed by atoms with Gasteiger partial charge in [0.1, 0.15) is 11.5 Å². The van der Waals surface area contributed by atoms with Crippen LogP contribution in [-0.4, -0.2) is 32.2 Å². The smallest absolute Gasteiger partial charge is 0.258 e. The second kappa shape index (κ2) is 6.72. The molecule has 4 rings (SSSR count). The SMILES string of the molecule is CS(=O)(=O)Nc1cc(N2CCc3cc(-c4ccco4)ccc3C2=O)ccc1O. The summed E-state index contributed by atoms with van der Waals surface area (Å²) in [6.07, 6.45) is 3.25. The lowest BCUT2D eigenvalue weighted by atomic mass is 9.95. The first-order chi connectivity index (χ1) is 13.3. The molecular weight excluding hydrogens is 380 g/mol. The van der Waals surface area contributed by atoms with Gasteiger partial charge in [-0.05, 0) is 54.4 Å². The fourth-order valence-electron chi connectivity index (χ4n) is 3.30. The number of aromatic hydroxyl groups is 1. The second-order valence-corrected chi connectivity index (χ2v) is 8.38. The van der Waals surface area contributed by atoms with Gasteiger partial charge in [-0.15, -0.1) is 0 Å². The Bertz CT molecular complexity index is 1150. The average molecular weight is 398 g/mol. The predicted molar refractivity (Wildman–Crippen MR) is 106 cm³/mol. The summed E-state index contributed by atoms with van der Waals surface area (Å²) in [6, 6.07) is 13.7. The molecule has 0 atom stereocenters. The van der Waals surface area contributed by atoms with Crippen LogP contribution in [0.4, 0.5) is 11.4 Å². The highest BCUT2D eigenvalue weighted by atomic mass is 32.2. The van der Waals surface area contributed by atoms with Crippen LogP contribution in [0.25, 0.3) is 11.3 Å². The van der Waals surface area contributed by atoms with Gasteiger partial charge in [-0.25, -0.2) is 8.42 Å². The zero-order valence-electron chi connectivity index (χ0n) is 15.0. The Morgan fingerprint density at radius 3 is 2.68 bits per heavy atom. The number of nitrogens with one attached hydrogen (secondary N) is 1. The number of hydrogen-bond acceptors (Lipinski definition) is 5. The molecule has 0 unspecified atom stereocenters. The van der Waals surface area contributed by atoms with Crippen LogP contribution >= 0.6 is 0 Å². The molecule has 0 saturated heterocycles. The van der Waals surface area contributed by atoms with Gasteiger partial charge < -0.3 is 14.4 Å². The highest BCUT2D eigenvalue weighted by Crippen LogP contribution is 2.33. The molecule has 0 saturated carbocycles. The van der Waals surface area contributed by atoms with Gasteiger partial charge in [-0.1, -0.05) is 6.07 Å². The van der Waals surface area contributed by atoms with Crippen LogP contribution in [0.1, 0.15) is 15.9 Å². The first-order valence-corrected chi connectivity index (χ1v) is 10.5. The van der Waals surface area contributed by atoms with E-state index in [1.165, 1.54) is 12.1 Å². The molecule has 2 heterocycles. The summed E-state index contributed by atoms with van der Waals surface area (Å²) >= 11 is 0. The monoisotopic (exact) mass is 398 g/mol. The van der Waals surface area contributed by atoms with E-state index < -0.39 is 10.0 Å². The zero-order valence-corrected chi connectivity index (χ0v) is 15.9. The lowest BCUT2D eigenvalue weighted by Gasteiger charge is -2.29. The van der Waals surface area contributed by atoms with Gasteiger partial charge in [0.25, 0.3) is 5.91 Å². The highest BCUT2D eigenvalue weighted by Gasteiger charge is 2.26. The second-order valence-electron chi connectivity index (χ2n) is 6.63. The molecule has 28 heavy (non-hydrogen) atoms. The third-order valence-corrected chi connectivity index (χ3v) is 5.17. The number of sulfonamides is 1. The molecule has 144 valence electrons. The minimum absolute atomic E-state index is 0.0340. The Morgan fingerprint density at radius 2 is 1.96 bits per heavy atom. The van der Waals surface area contributed by atoms with Crippen molar-refractivity contribution in [1.82, 2.24) is 0 Å². The number of furan rings is 1. The minimum atomic E-state index is -3.56. The van der Waals surface area contributed by atoms with E-state index in [0.717, 1.165) is 23.1 Å². The summed E-state index contributed by atoms with van der Waals surface area (Å²) in [7, 11) is -3.56. The van der Waals surface area contributed by atoms with Crippen LogP contribution in [0.2, 0.25) is 0 Å². The summed E-state index contributed by atoms with van der Waals surface area (Å²) < 4.78 is 30.7. The fraction of sp³-hybridized carbons (Fsp3) is 0.150. The largest absolute Gasteiger partial charge is 0.506 e. The van der Waals surface area contributed by atoms with Gasteiger partial charge in [0.15, 0.2) is 0 Å².